The van der Waals surface area contributed by atoms with Crippen molar-refractivity contribution in [1.29, 1.82) is 0 Å². The van der Waals surface area contributed by atoms with Crippen molar-refractivity contribution in [1.82, 2.24) is 10.3 Å². The minimum absolute atomic E-state index is 0.717. The lowest BCUT2D eigenvalue weighted by Crippen LogP contribution is -2.19. The Kier molecular flexibility index (Phi) is 3.58. The van der Waals surface area contributed by atoms with Crippen molar-refractivity contribution in [2.75, 3.05) is 6.54 Å². The van der Waals surface area contributed by atoms with Crippen LogP contribution in [0, 0.1) is 6.92 Å². The van der Waals surface area contributed by atoms with Gasteiger partial charge in [0.05, 0.1) is 6.20 Å². The van der Waals surface area contributed by atoms with E-state index in [-0.39, 0.29) is 0 Å². The summed E-state index contributed by atoms with van der Waals surface area (Å²) in [6, 6.07) is 6.53. The third-order valence-corrected chi connectivity index (χ3v) is 3.60. The number of halogens is 1. The number of nitrogens with zero attached hydrogens (tertiary/aromatic N) is 1. The van der Waals surface area contributed by atoms with Crippen LogP contribution < -0.4 is 5.32 Å². The van der Waals surface area contributed by atoms with Gasteiger partial charge in [0.25, 0.3) is 0 Å². The van der Waals surface area contributed by atoms with Crippen LogP contribution in [0.2, 0.25) is 5.02 Å². The lowest BCUT2D eigenvalue weighted by Gasteiger charge is -2.02. The molecule has 1 aromatic heterocycles. The van der Waals surface area contributed by atoms with Crippen LogP contribution in [0.25, 0.3) is 11.3 Å². The fourth-order valence-corrected chi connectivity index (χ4v) is 2.25. The van der Waals surface area contributed by atoms with Gasteiger partial charge in [0.1, 0.15) is 0 Å². The van der Waals surface area contributed by atoms with Gasteiger partial charge < -0.3 is 9.73 Å². The second-order valence-corrected chi connectivity index (χ2v) is 5.49. The molecule has 0 radical (unpaired) electrons. The third kappa shape index (κ3) is 3.17. The van der Waals surface area contributed by atoms with E-state index in [1.165, 1.54) is 12.8 Å². The molecule has 1 N–H and O–H groups in total. The maximum atomic E-state index is 6.03. The highest BCUT2D eigenvalue weighted by atomic mass is 35.5. The lowest BCUT2D eigenvalue weighted by molar-refractivity contribution is 0.494. The van der Waals surface area contributed by atoms with Gasteiger partial charge in [0.2, 0.25) is 0 Å². The Balaban J connectivity index is 1.70. The van der Waals surface area contributed by atoms with E-state index in [1.54, 1.807) is 6.20 Å². The zero-order valence-electron chi connectivity index (χ0n) is 10.9. The highest BCUT2D eigenvalue weighted by Crippen LogP contribution is 2.27. The van der Waals surface area contributed by atoms with Crippen LogP contribution in [-0.4, -0.2) is 17.6 Å². The monoisotopic (exact) mass is 276 g/mol. The summed E-state index contributed by atoms with van der Waals surface area (Å²) in [7, 11) is 0. The number of hydrogen-bond donors (Lipinski definition) is 1. The molecule has 1 saturated carbocycles. The molecule has 1 aromatic carbocycles. The molecule has 0 atom stereocenters. The molecule has 1 heterocycles. The maximum absolute atomic E-state index is 6.03. The van der Waals surface area contributed by atoms with Crippen molar-refractivity contribution >= 4 is 11.6 Å². The molecule has 3 rings (SSSR count). The van der Waals surface area contributed by atoms with E-state index in [2.05, 4.69) is 10.3 Å². The van der Waals surface area contributed by atoms with E-state index in [1.807, 2.05) is 25.1 Å². The number of aromatic nitrogens is 1. The molecule has 0 spiro atoms. The van der Waals surface area contributed by atoms with Crippen molar-refractivity contribution < 1.29 is 4.42 Å². The van der Waals surface area contributed by atoms with Crippen LogP contribution in [0.3, 0.4) is 0 Å². The third-order valence-electron chi connectivity index (χ3n) is 3.37. The molecular weight excluding hydrogens is 260 g/mol. The van der Waals surface area contributed by atoms with E-state index in [0.29, 0.717) is 5.02 Å². The predicted molar refractivity (Wildman–Crippen MR) is 76.4 cm³/mol. The molecule has 0 amide bonds. The fraction of sp³-hybridized carbons (Fsp3) is 0.400. The first-order valence-electron chi connectivity index (χ1n) is 6.67. The molecule has 0 unspecified atom stereocenters. The van der Waals surface area contributed by atoms with Gasteiger partial charge >= 0.3 is 0 Å². The van der Waals surface area contributed by atoms with E-state index >= 15 is 0 Å². The minimum Gasteiger partial charge on any atom is -0.441 e. The number of rotatable bonds is 5. The normalized spacial score (nSPS) is 14.8. The summed E-state index contributed by atoms with van der Waals surface area (Å²) in [5.41, 5.74) is 2.16. The Morgan fingerprint density at radius 2 is 2.26 bits per heavy atom. The lowest BCUT2D eigenvalue weighted by atomic mass is 10.1. The number of oxazole rings is 1. The molecule has 1 aliphatic carbocycles. The first kappa shape index (κ1) is 12.7. The van der Waals surface area contributed by atoms with E-state index < -0.39 is 0 Å². The molecule has 0 saturated heterocycles. The summed E-state index contributed by atoms with van der Waals surface area (Å²) in [6.07, 6.45) is 5.22. The molecule has 0 aliphatic heterocycles. The zero-order valence-corrected chi connectivity index (χ0v) is 11.7. The van der Waals surface area contributed by atoms with Crippen molar-refractivity contribution in [3.8, 4) is 11.3 Å². The van der Waals surface area contributed by atoms with Crippen molar-refractivity contribution in [3.05, 3.63) is 40.9 Å². The Morgan fingerprint density at radius 1 is 1.42 bits per heavy atom. The molecule has 4 heteroatoms. The first-order chi connectivity index (χ1) is 9.22. The van der Waals surface area contributed by atoms with E-state index in [4.69, 9.17) is 16.0 Å². The van der Waals surface area contributed by atoms with Gasteiger partial charge in [0, 0.05) is 29.6 Å². The average molecular weight is 277 g/mol. The summed E-state index contributed by atoms with van der Waals surface area (Å²) in [4.78, 5) is 4.33. The van der Waals surface area contributed by atoms with Crippen LogP contribution in [0.15, 0.2) is 28.8 Å². The van der Waals surface area contributed by atoms with Gasteiger partial charge in [-0.2, -0.15) is 0 Å². The topological polar surface area (TPSA) is 38.1 Å². The molecule has 1 aliphatic rings. The van der Waals surface area contributed by atoms with Crippen molar-refractivity contribution in [2.24, 2.45) is 0 Å². The largest absolute Gasteiger partial charge is 0.441 e. The van der Waals surface area contributed by atoms with Crippen LogP contribution >= 0.6 is 11.6 Å². The molecule has 3 nitrogen and oxygen atoms in total. The number of hydrogen-bond acceptors (Lipinski definition) is 3. The molecule has 2 aromatic rings. The van der Waals surface area contributed by atoms with Crippen LogP contribution in [0.1, 0.15) is 24.3 Å². The molecule has 1 fully saturated rings. The smallest absolute Gasteiger partial charge is 0.196 e. The number of nitrogens with one attached hydrogen (secondary N) is 1. The Bertz CT molecular complexity index is 575. The van der Waals surface area contributed by atoms with Crippen LogP contribution in [0.5, 0.6) is 0 Å². The highest BCUT2D eigenvalue weighted by Gasteiger charge is 2.20. The molecule has 100 valence electrons. The quantitative estimate of drug-likeness (QED) is 0.907. The SMILES string of the molecule is Cc1ccc(Cl)cc1-c1cnc(CCNC2CC2)o1. The Hall–Kier alpha value is -1.32. The van der Waals surface area contributed by atoms with E-state index in [9.17, 15) is 0 Å². The predicted octanol–water partition coefficient (Wildman–Crippen LogP) is 3.60. The average Bonchev–Trinajstić information content (AvgIpc) is 3.10. The minimum atomic E-state index is 0.717. The molecule has 19 heavy (non-hydrogen) atoms. The van der Waals surface area contributed by atoms with Crippen molar-refractivity contribution in [3.63, 3.8) is 0 Å². The summed E-state index contributed by atoms with van der Waals surface area (Å²) in [6.45, 7) is 2.97. The van der Waals surface area contributed by atoms with Gasteiger partial charge in [-0.15, -0.1) is 0 Å². The number of aryl methyl sites for hydroxylation is 1. The van der Waals surface area contributed by atoms with Gasteiger partial charge in [-0.05, 0) is 37.5 Å². The van der Waals surface area contributed by atoms with Crippen LogP contribution in [0.4, 0.5) is 0 Å². The van der Waals surface area contributed by atoms with Gasteiger partial charge in [0.15, 0.2) is 11.7 Å². The van der Waals surface area contributed by atoms with Gasteiger partial charge in [-0.1, -0.05) is 17.7 Å². The van der Waals surface area contributed by atoms with Crippen LogP contribution in [-0.2, 0) is 6.42 Å². The Morgan fingerprint density at radius 3 is 3.05 bits per heavy atom. The van der Waals surface area contributed by atoms with Crippen molar-refractivity contribution in [2.45, 2.75) is 32.2 Å². The Labute approximate surface area is 118 Å². The zero-order chi connectivity index (χ0) is 13.2. The van der Waals surface area contributed by atoms with Gasteiger partial charge in [-0.3, -0.25) is 0 Å². The summed E-state index contributed by atoms with van der Waals surface area (Å²) in [5.74, 6) is 1.57. The van der Waals surface area contributed by atoms with E-state index in [0.717, 1.165) is 41.8 Å². The maximum Gasteiger partial charge on any atom is 0.196 e. The summed E-state index contributed by atoms with van der Waals surface area (Å²) in [5, 5.41) is 4.17. The summed E-state index contributed by atoms with van der Waals surface area (Å²) < 4.78 is 5.80. The first-order valence-corrected chi connectivity index (χ1v) is 7.05. The second-order valence-electron chi connectivity index (χ2n) is 5.06. The molecular formula is C15H17ClN2O. The van der Waals surface area contributed by atoms with Gasteiger partial charge in [-0.25, -0.2) is 4.98 Å². The number of benzene rings is 1. The highest BCUT2D eigenvalue weighted by molar-refractivity contribution is 6.30. The fourth-order valence-electron chi connectivity index (χ4n) is 2.08. The molecule has 0 bridgehead atoms. The standard InChI is InChI=1S/C15H17ClN2O/c1-10-2-3-11(16)8-13(10)14-9-18-15(19-14)6-7-17-12-4-5-12/h2-3,8-9,12,17H,4-7H2,1H3. The summed E-state index contributed by atoms with van der Waals surface area (Å²) >= 11 is 6.03. The second kappa shape index (κ2) is 5.35.